The van der Waals surface area contributed by atoms with E-state index in [1.54, 1.807) is 0 Å². The van der Waals surface area contributed by atoms with Gasteiger partial charge in [-0.15, -0.1) is 0 Å². The Kier molecular flexibility index (Phi) is 4.80. The molecule has 5 heteroatoms. The van der Waals surface area contributed by atoms with Crippen molar-refractivity contribution < 1.29 is 14.3 Å². The second-order valence-electron chi connectivity index (χ2n) is 5.54. The van der Waals surface area contributed by atoms with Crippen LogP contribution >= 0.6 is 15.9 Å². The minimum absolute atomic E-state index is 0.0526. The van der Waals surface area contributed by atoms with E-state index in [1.165, 1.54) is 12.8 Å². The van der Waals surface area contributed by atoms with E-state index in [1.807, 2.05) is 18.2 Å². The van der Waals surface area contributed by atoms with Crippen LogP contribution in [-0.4, -0.2) is 31.8 Å². The number of halogens is 1. The minimum Gasteiger partial charge on any atom is -0.491 e. The average molecular weight is 354 g/mol. The maximum absolute atomic E-state index is 12.0. The van der Waals surface area contributed by atoms with Gasteiger partial charge in [-0.25, -0.2) is 0 Å². The number of amides is 1. The van der Waals surface area contributed by atoms with E-state index in [9.17, 15) is 4.79 Å². The highest BCUT2D eigenvalue weighted by atomic mass is 79.9. The molecule has 2 aliphatic rings. The largest absolute Gasteiger partial charge is 0.491 e. The molecule has 0 aliphatic carbocycles. The van der Waals surface area contributed by atoms with Crippen LogP contribution in [0.1, 0.15) is 46.4 Å². The van der Waals surface area contributed by atoms with Gasteiger partial charge in [-0.05, 0) is 43.4 Å². The number of ether oxygens (including phenoxy) is 2. The van der Waals surface area contributed by atoms with Crippen molar-refractivity contribution in [2.75, 3.05) is 19.8 Å². The Morgan fingerprint density at radius 3 is 3.10 bits per heavy atom. The number of fused-ring (bicyclic) bond motifs is 1. The fourth-order valence-electron chi connectivity index (χ4n) is 2.84. The van der Waals surface area contributed by atoms with Gasteiger partial charge >= 0.3 is 0 Å². The Bertz CT molecular complexity index is 514. The highest BCUT2D eigenvalue weighted by Crippen LogP contribution is 2.33. The van der Waals surface area contributed by atoms with Crippen LogP contribution in [0.25, 0.3) is 0 Å². The maximum atomic E-state index is 12.0. The predicted octanol–water partition coefficient (Wildman–Crippen LogP) is 3.20. The van der Waals surface area contributed by atoms with E-state index < -0.39 is 0 Å². The van der Waals surface area contributed by atoms with E-state index in [2.05, 4.69) is 21.2 Å². The summed E-state index contributed by atoms with van der Waals surface area (Å²) in [6.07, 6.45) is 4.80. The molecule has 1 saturated heterocycles. The first-order valence-electron chi connectivity index (χ1n) is 7.54. The van der Waals surface area contributed by atoms with Crippen molar-refractivity contribution in [2.45, 2.75) is 36.6 Å². The van der Waals surface area contributed by atoms with Crippen molar-refractivity contribution in [3.8, 4) is 5.75 Å². The Morgan fingerprint density at radius 2 is 2.29 bits per heavy atom. The van der Waals surface area contributed by atoms with E-state index in [0.717, 1.165) is 25.0 Å². The van der Waals surface area contributed by atoms with Gasteiger partial charge in [0.25, 0.3) is 5.91 Å². The van der Waals surface area contributed by atoms with E-state index in [0.29, 0.717) is 30.6 Å². The summed E-state index contributed by atoms with van der Waals surface area (Å²) in [6.45, 7) is 1.97. The van der Waals surface area contributed by atoms with Crippen LogP contribution in [0.4, 0.5) is 0 Å². The number of hydrogen-bond acceptors (Lipinski definition) is 3. The molecule has 0 bridgehead atoms. The van der Waals surface area contributed by atoms with Crippen LogP contribution in [0.2, 0.25) is 0 Å². The summed E-state index contributed by atoms with van der Waals surface area (Å²) in [5.41, 5.74) is 1.75. The Labute approximate surface area is 133 Å². The number of nitrogens with one attached hydrogen (secondary N) is 1. The first kappa shape index (κ1) is 14.9. The van der Waals surface area contributed by atoms with Crippen LogP contribution in [0.15, 0.2) is 18.2 Å². The van der Waals surface area contributed by atoms with Crippen LogP contribution in [-0.2, 0) is 4.74 Å². The van der Waals surface area contributed by atoms with Gasteiger partial charge in [0.05, 0.1) is 18.2 Å². The molecule has 0 saturated carbocycles. The smallest absolute Gasteiger partial charge is 0.255 e. The van der Waals surface area contributed by atoms with Gasteiger partial charge in [-0.2, -0.15) is 0 Å². The fraction of sp³-hybridized carbons (Fsp3) is 0.562. The molecule has 2 heterocycles. The van der Waals surface area contributed by atoms with E-state index in [-0.39, 0.29) is 10.7 Å². The number of benzene rings is 1. The fourth-order valence-corrected chi connectivity index (χ4v) is 3.39. The molecule has 0 spiro atoms. The van der Waals surface area contributed by atoms with Gasteiger partial charge < -0.3 is 14.8 Å². The molecule has 3 rings (SSSR count). The van der Waals surface area contributed by atoms with Gasteiger partial charge in [0, 0.05) is 11.4 Å². The molecule has 1 amide bonds. The van der Waals surface area contributed by atoms with Crippen molar-refractivity contribution in [3.63, 3.8) is 0 Å². The molecule has 21 heavy (non-hydrogen) atoms. The van der Waals surface area contributed by atoms with Crippen molar-refractivity contribution >= 4 is 21.8 Å². The average Bonchev–Trinajstić information content (AvgIpc) is 2.95. The zero-order valence-corrected chi connectivity index (χ0v) is 13.5. The first-order chi connectivity index (χ1) is 10.2. The third-order valence-corrected chi connectivity index (χ3v) is 5.01. The normalized spacial score (nSPS) is 22.9. The minimum atomic E-state index is -0.0526. The highest BCUT2D eigenvalue weighted by molar-refractivity contribution is 9.09. The first-order valence-corrected chi connectivity index (χ1v) is 8.46. The summed E-state index contributed by atoms with van der Waals surface area (Å²) in [5.74, 6) is 0.621. The zero-order valence-electron chi connectivity index (χ0n) is 11.9. The summed E-state index contributed by atoms with van der Waals surface area (Å²) < 4.78 is 11.2. The van der Waals surface area contributed by atoms with Crippen molar-refractivity contribution in [1.29, 1.82) is 0 Å². The number of hydrogen-bond donors (Lipinski definition) is 1. The molecule has 2 unspecified atom stereocenters. The lowest BCUT2D eigenvalue weighted by Gasteiger charge is -2.15. The Hall–Kier alpha value is -1.07. The van der Waals surface area contributed by atoms with Gasteiger partial charge in [-0.3, -0.25) is 4.79 Å². The van der Waals surface area contributed by atoms with E-state index in [4.69, 9.17) is 9.47 Å². The molecule has 2 aliphatic heterocycles. The van der Waals surface area contributed by atoms with E-state index >= 15 is 0 Å². The van der Waals surface area contributed by atoms with Crippen molar-refractivity contribution in [1.82, 2.24) is 5.32 Å². The Balaban J connectivity index is 1.68. The Morgan fingerprint density at radius 1 is 1.38 bits per heavy atom. The topological polar surface area (TPSA) is 47.6 Å². The van der Waals surface area contributed by atoms with Crippen LogP contribution in [0.5, 0.6) is 5.75 Å². The standard InChI is InChI=1S/C16H20BrNO3/c17-14(5-4-12-2-1-8-20-12)11-3-6-15-13(10-11)16(19)18-7-9-21-15/h3,6,10,12,14H,1-2,4-5,7-9H2,(H,18,19). The summed E-state index contributed by atoms with van der Waals surface area (Å²) in [6, 6.07) is 5.87. The molecule has 1 N–H and O–H groups in total. The van der Waals surface area contributed by atoms with Crippen molar-refractivity contribution in [2.24, 2.45) is 0 Å². The third kappa shape index (κ3) is 3.58. The summed E-state index contributed by atoms with van der Waals surface area (Å²) in [7, 11) is 0. The summed E-state index contributed by atoms with van der Waals surface area (Å²) >= 11 is 3.73. The molecule has 1 aromatic rings. The SMILES string of the molecule is O=C1NCCOc2ccc(C(Br)CCC3CCCO3)cc21. The lowest BCUT2D eigenvalue weighted by molar-refractivity contribution is 0.0956. The van der Waals surface area contributed by atoms with Crippen LogP contribution in [0.3, 0.4) is 0 Å². The number of carbonyl (C=O) groups is 1. The second-order valence-corrected chi connectivity index (χ2v) is 6.65. The monoisotopic (exact) mass is 353 g/mol. The molecule has 2 atom stereocenters. The van der Waals surface area contributed by atoms with Gasteiger partial charge in [-0.1, -0.05) is 22.0 Å². The third-order valence-electron chi connectivity index (χ3n) is 4.02. The highest BCUT2D eigenvalue weighted by Gasteiger charge is 2.21. The van der Waals surface area contributed by atoms with Crippen molar-refractivity contribution in [3.05, 3.63) is 29.3 Å². The maximum Gasteiger partial charge on any atom is 0.255 e. The molecule has 4 nitrogen and oxygen atoms in total. The molecule has 114 valence electrons. The van der Waals surface area contributed by atoms with Gasteiger partial charge in [0.15, 0.2) is 0 Å². The number of alkyl halides is 1. The van der Waals surface area contributed by atoms with Gasteiger partial charge in [0.2, 0.25) is 0 Å². The number of carbonyl (C=O) groups excluding carboxylic acids is 1. The number of rotatable bonds is 4. The molecule has 0 aromatic heterocycles. The molecular weight excluding hydrogens is 334 g/mol. The lowest BCUT2D eigenvalue weighted by Crippen LogP contribution is -2.24. The second kappa shape index (κ2) is 6.79. The molecule has 0 radical (unpaired) electrons. The van der Waals surface area contributed by atoms with Crippen LogP contribution < -0.4 is 10.1 Å². The predicted molar refractivity (Wildman–Crippen MR) is 84.1 cm³/mol. The summed E-state index contributed by atoms with van der Waals surface area (Å²) in [4.78, 5) is 12.3. The quantitative estimate of drug-likeness (QED) is 0.845. The van der Waals surface area contributed by atoms with Crippen LogP contribution in [0, 0.1) is 0 Å². The van der Waals surface area contributed by atoms with Gasteiger partial charge in [0.1, 0.15) is 12.4 Å². The molecule has 1 aromatic carbocycles. The zero-order chi connectivity index (χ0) is 14.7. The summed E-state index contributed by atoms with van der Waals surface area (Å²) in [5, 5.41) is 2.84. The lowest BCUT2D eigenvalue weighted by atomic mass is 10.0. The molecular formula is C16H20BrNO3. The molecule has 1 fully saturated rings.